The van der Waals surface area contributed by atoms with Crippen LogP contribution in [0.3, 0.4) is 0 Å². The third-order valence-corrected chi connectivity index (χ3v) is 12.1. The zero-order valence-electron chi connectivity index (χ0n) is 17.8. The van der Waals surface area contributed by atoms with Gasteiger partial charge in [-0.15, -0.1) is 0 Å². The Morgan fingerprint density at radius 1 is 1.11 bits per heavy atom. The minimum Gasteiger partial charge on any atom is -0.396 e. The molecule has 162 valence electrons. The molecular weight excluding hydrogens is 372 g/mol. The summed E-state index contributed by atoms with van der Waals surface area (Å²) in [6.45, 7) is 7.12. The van der Waals surface area contributed by atoms with Gasteiger partial charge in [0, 0.05) is 27.9 Å². The van der Waals surface area contributed by atoms with Gasteiger partial charge in [-0.1, -0.05) is 13.8 Å². The van der Waals surface area contributed by atoms with Crippen LogP contribution in [0.5, 0.6) is 0 Å². The fourth-order valence-electron chi connectivity index (χ4n) is 8.18. The zero-order valence-corrected chi connectivity index (χ0v) is 18.7. The molecule has 1 unspecified atom stereocenters. The van der Waals surface area contributed by atoms with Crippen molar-refractivity contribution in [1.82, 2.24) is 0 Å². The summed E-state index contributed by atoms with van der Waals surface area (Å²) in [4.78, 5) is 0. The Morgan fingerprint density at radius 3 is 2.57 bits per heavy atom. The second-order valence-corrected chi connectivity index (χ2v) is 12.9. The van der Waals surface area contributed by atoms with Gasteiger partial charge in [-0.3, -0.25) is 4.21 Å². The predicted molar refractivity (Wildman–Crippen MR) is 112 cm³/mol. The normalized spacial score (nSPS) is 54.5. The highest BCUT2D eigenvalue weighted by molar-refractivity contribution is 7.86. The fourth-order valence-corrected chi connectivity index (χ4v) is 10.8. The van der Waals surface area contributed by atoms with Gasteiger partial charge in [-0.05, 0) is 99.2 Å². The number of aliphatic hydroxyl groups is 3. The van der Waals surface area contributed by atoms with Crippen molar-refractivity contribution in [2.45, 2.75) is 89.1 Å². The lowest BCUT2D eigenvalue weighted by atomic mass is 9.49. The highest BCUT2D eigenvalue weighted by Crippen LogP contribution is 2.64. The summed E-state index contributed by atoms with van der Waals surface area (Å²) in [7, 11) is -0.887. The van der Waals surface area contributed by atoms with Crippen LogP contribution in [0, 0.1) is 40.9 Å². The third-order valence-electron chi connectivity index (χ3n) is 9.84. The second-order valence-electron chi connectivity index (χ2n) is 10.9. The van der Waals surface area contributed by atoms with E-state index in [4.69, 9.17) is 0 Å². The van der Waals surface area contributed by atoms with E-state index in [2.05, 4.69) is 20.8 Å². The van der Waals surface area contributed by atoms with E-state index in [-0.39, 0.29) is 34.9 Å². The summed E-state index contributed by atoms with van der Waals surface area (Å²) in [5.41, 5.74) is 0.112. The van der Waals surface area contributed by atoms with Crippen molar-refractivity contribution >= 4 is 10.8 Å². The average Bonchev–Trinajstić information content (AvgIpc) is 3.01. The highest BCUT2D eigenvalue weighted by Gasteiger charge is 2.65. The van der Waals surface area contributed by atoms with Gasteiger partial charge in [0.25, 0.3) is 0 Å². The maximum atomic E-state index is 13.8. The van der Waals surface area contributed by atoms with Crippen LogP contribution in [0.1, 0.15) is 72.1 Å². The molecule has 1 aliphatic heterocycles. The van der Waals surface area contributed by atoms with E-state index in [1.807, 2.05) is 0 Å². The summed E-state index contributed by atoms with van der Waals surface area (Å²) in [6.07, 6.45) is 6.91. The summed E-state index contributed by atoms with van der Waals surface area (Å²) in [6, 6.07) is 0. The van der Waals surface area contributed by atoms with Crippen molar-refractivity contribution in [3.8, 4) is 0 Å². The molecule has 4 aliphatic rings. The van der Waals surface area contributed by atoms with Crippen molar-refractivity contribution < 1.29 is 19.5 Å². The summed E-state index contributed by atoms with van der Waals surface area (Å²) in [5, 5.41) is 30.7. The Hall–Kier alpha value is 0.0300. The van der Waals surface area contributed by atoms with Crippen molar-refractivity contribution in [3.05, 3.63) is 0 Å². The molecule has 3 N–H and O–H groups in total. The molecule has 5 heteroatoms. The van der Waals surface area contributed by atoms with Crippen LogP contribution in [-0.2, 0) is 10.8 Å². The van der Waals surface area contributed by atoms with Crippen LogP contribution in [0.2, 0.25) is 0 Å². The number of aliphatic hydroxyl groups excluding tert-OH is 3. The first-order valence-corrected chi connectivity index (χ1v) is 12.9. The number of hydrogen-bond donors (Lipinski definition) is 3. The quantitative estimate of drug-likeness (QED) is 0.663. The minimum atomic E-state index is -0.887. The second kappa shape index (κ2) is 7.62. The molecule has 11 atom stereocenters. The molecule has 4 fully saturated rings. The molecular formula is C23H40O4S. The molecule has 4 nitrogen and oxygen atoms in total. The van der Waals surface area contributed by atoms with Crippen LogP contribution >= 0.6 is 0 Å². The van der Waals surface area contributed by atoms with Gasteiger partial charge in [0.1, 0.15) is 0 Å². The smallest absolute Gasteiger partial charge is 0.0577 e. The SMILES string of the molecule is C[C@H](CCCO)[C@H]1CC[C@H]2[C@@H]3[C@H](O)C[C@@H]4C[C@H](O)CC[C@]4(C)[C@H]3CS(=O)[C@]12C. The van der Waals surface area contributed by atoms with Gasteiger partial charge in [-0.2, -0.15) is 0 Å². The topological polar surface area (TPSA) is 77.8 Å². The Morgan fingerprint density at radius 2 is 1.86 bits per heavy atom. The molecule has 0 aromatic carbocycles. The molecule has 4 rings (SSSR count). The molecule has 0 spiro atoms. The summed E-state index contributed by atoms with van der Waals surface area (Å²) in [5.74, 6) is 2.89. The van der Waals surface area contributed by atoms with E-state index in [1.54, 1.807) is 0 Å². The molecule has 0 amide bonds. The predicted octanol–water partition coefficient (Wildman–Crippen LogP) is 3.11. The van der Waals surface area contributed by atoms with E-state index in [9.17, 15) is 19.5 Å². The van der Waals surface area contributed by atoms with Crippen molar-refractivity contribution in [2.24, 2.45) is 40.9 Å². The molecule has 3 aliphatic carbocycles. The number of rotatable bonds is 4. The van der Waals surface area contributed by atoms with E-state index in [1.165, 1.54) is 0 Å². The maximum Gasteiger partial charge on any atom is 0.0577 e. The Bertz CT molecular complexity index is 611. The molecule has 0 radical (unpaired) electrons. The van der Waals surface area contributed by atoms with Crippen molar-refractivity contribution in [1.29, 1.82) is 0 Å². The average molecular weight is 413 g/mol. The lowest BCUT2D eigenvalue weighted by Gasteiger charge is -2.61. The van der Waals surface area contributed by atoms with E-state index in [0.29, 0.717) is 29.6 Å². The van der Waals surface area contributed by atoms with E-state index in [0.717, 1.165) is 57.1 Å². The Balaban J connectivity index is 1.63. The monoisotopic (exact) mass is 412 g/mol. The van der Waals surface area contributed by atoms with Crippen LogP contribution in [0.15, 0.2) is 0 Å². The maximum absolute atomic E-state index is 13.8. The van der Waals surface area contributed by atoms with Crippen molar-refractivity contribution in [3.63, 3.8) is 0 Å². The molecule has 0 aromatic heterocycles. The zero-order chi connectivity index (χ0) is 20.3. The third kappa shape index (κ3) is 3.06. The van der Waals surface area contributed by atoms with Gasteiger partial charge in [0.2, 0.25) is 0 Å². The first kappa shape index (κ1) is 21.3. The molecule has 1 saturated heterocycles. The van der Waals surface area contributed by atoms with Crippen LogP contribution in [0.25, 0.3) is 0 Å². The van der Waals surface area contributed by atoms with Gasteiger partial charge < -0.3 is 15.3 Å². The Labute approximate surface area is 173 Å². The summed E-state index contributed by atoms with van der Waals surface area (Å²) >= 11 is 0. The molecule has 28 heavy (non-hydrogen) atoms. The lowest BCUT2D eigenvalue weighted by Crippen LogP contribution is -2.63. The number of hydrogen-bond acceptors (Lipinski definition) is 4. The Kier molecular flexibility index (Phi) is 5.79. The molecule has 0 aromatic rings. The van der Waals surface area contributed by atoms with E-state index >= 15 is 0 Å². The molecule has 0 bridgehead atoms. The number of fused-ring (bicyclic) bond motifs is 5. The first-order chi connectivity index (χ1) is 13.2. The van der Waals surface area contributed by atoms with Crippen LogP contribution < -0.4 is 0 Å². The summed E-state index contributed by atoms with van der Waals surface area (Å²) < 4.78 is 13.6. The van der Waals surface area contributed by atoms with Crippen LogP contribution in [-0.4, -0.2) is 48.8 Å². The van der Waals surface area contributed by atoms with Crippen LogP contribution in [0.4, 0.5) is 0 Å². The standard InChI is InChI=1S/C23H40O4S/c1-14(5-4-10-24)17-6-7-18-21-19(13-28(27)23(17,18)3)22(2)9-8-16(25)11-15(22)12-20(21)26/h14-21,24-26H,4-13H2,1-3H3/t14-,15+,16-,17-,18+,19+,20-,21+,22+,23-,28?/m1/s1. The molecule has 3 saturated carbocycles. The largest absolute Gasteiger partial charge is 0.396 e. The fraction of sp³-hybridized carbons (Fsp3) is 1.00. The van der Waals surface area contributed by atoms with E-state index < -0.39 is 10.8 Å². The van der Waals surface area contributed by atoms with Gasteiger partial charge in [-0.25, -0.2) is 0 Å². The van der Waals surface area contributed by atoms with Gasteiger partial charge in [0.15, 0.2) is 0 Å². The minimum absolute atomic E-state index is 0.112. The van der Waals surface area contributed by atoms with Gasteiger partial charge >= 0.3 is 0 Å². The van der Waals surface area contributed by atoms with Gasteiger partial charge in [0.05, 0.1) is 12.2 Å². The lowest BCUT2D eigenvalue weighted by molar-refractivity contribution is -0.134. The highest BCUT2D eigenvalue weighted by atomic mass is 32.2. The first-order valence-electron chi connectivity index (χ1n) is 11.6. The molecule has 1 heterocycles. The van der Waals surface area contributed by atoms with Crippen molar-refractivity contribution in [2.75, 3.05) is 12.4 Å².